The molecular weight excluding hydrogens is 444 g/mol. The van der Waals surface area contributed by atoms with Crippen molar-refractivity contribution in [2.75, 3.05) is 5.32 Å². The van der Waals surface area contributed by atoms with Crippen LogP contribution in [0.2, 0.25) is 0 Å². The molecule has 0 aliphatic heterocycles. The molecule has 0 atom stereocenters. The van der Waals surface area contributed by atoms with Gasteiger partial charge in [0.2, 0.25) is 0 Å². The van der Waals surface area contributed by atoms with Crippen LogP contribution in [-0.4, -0.2) is 32.7 Å². The summed E-state index contributed by atoms with van der Waals surface area (Å²) in [6, 6.07) is 13.1. The number of carboxylic acid groups (broad SMARTS) is 1. The summed E-state index contributed by atoms with van der Waals surface area (Å²) >= 11 is 0. The van der Waals surface area contributed by atoms with E-state index in [1.165, 1.54) is 24.3 Å². The zero-order valence-corrected chi connectivity index (χ0v) is 19.9. The maximum absolute atomic E-state index is 12.6. The highest BCUT2D eigenvalue weighted by atomic mass is 16.4. The van der Waals surface area contributed by atoms with Crippen molar-refractivity contribution in [3.63, 3.8) is 0 Å². The number of nitrogens with one attached hydrogen (secondary N) is 2. The Hall–Kier alpha value is -3.94. The van der Waals surface area contributed by atoms with Gasteiger partial charge in [0.25, 0.3) is 11.8 Å². The molecule has 1 saturated carbocycles. The molecule has 4 rings (SSSR count). The van der Waals surface area contributed by atoms with Crippen LogP contribution in [0.5, 0.6) is 0 Å². The van der Waals surface area contributed by atoms with Crippen LogP contribution in [0.25, 0.3) is 0 Å². The molecule has 8 nitrogen and oxygen atoms in total. The first-order chi connectivity index (χ1) is 16.3. The molecule has 8 heteroatoms. The number of rotatable bonds is 7. The third-order valence-corrected chi connectivity index (χ3v) is 5.65. The normalized spacial score (nSPS) is 12.0. The summed E-state index contributed by atoms with van der Waals surface area (Å²) in [6.45, 7) is 6.19. The van der Waals surface area contributed by atoms with Crippen LogP contribution < -0.4 is 10.6 Å². The minimum atomic E-state index is -1.04. The molecule has 1 fully saturated rings. The van der Waals surface area contributed by atoms with E-state index in [1.807, 2.05) is 39.0 Å². The molecule has 0 radical (unpaired) electrons. The van der Waals surface area contributed by atoms with Crippen LogP contribution in [-0.2, 0) is 13.6 Å². The predicted molar refractivity (Wildman–Crippen MR) is 137 cm³/mol. The Bertz CT molecular complexity index is 1190. The van der Waals surface area contributed by atoms with Crippen molar-refractivity contribution in [3.8, 4) is 0 Å². The van der Waals surface area contributed by atoms with Crippen LogP contribution >= 0.6 is 0 Å². The van der Waals surface area contributed by atoms with Crippen molar-refractivity contribution < 1.29 is 19.5 Å². The van der Waals surface area contributed by atoms with Gasteiger partial charge >= 0.3 is 5.97 Å². The number of nitrogens with zero attached hydrogens (tertiary/aromatic N) is 2. The fourth-order valence-corrected chi connectivity index (χ4v) is 3.52. The van der Waals surface area contributed by atoms with Gasteiger partial charge < -0.3 is 15.7 Å². The SMILES string of the molecule is C.CC.Cc1c(CNC(=O)c2cc(C3CC3)nn2C)cccc1NC(=O)c1ccc(C(=O)O)cc1. The van der Waals surface area contributed by atoms with Crippen molar-refractivity contribution in [2.45, 2.75) is 53.5 Å². The zero-order valence-electron chi connectivity index (χ0n) is 19.9. The molecule has 3 aromatic rings. The van der Waals surface area contributed by atoms with Crippen LogP contribution in [0.4, 0.5) is 5.69 Å². The third-order valence-electron chi connectivity index (χ3n) is 5.65. The summed E-state index contributed by atoms with van der Waals surface area (Å²) in [7, 11) is 1.77. The van der Waals surface area contributed by atoms with Crippen molar-refractivity contribution >= 4 is 23.5 Å². The van der Waals surface area contributed by atoms with Gasteiger partial charge in [0.05, 0.1) is 11.3 Å². The number of hydrogen-bond donors (Lipinski definition) is 3. The molecule has 2 aromatic carbocycles. The molecule has 0 saturated heterocycles. The maximum Gasteiger partial charge on any atom is 0.335 e. The lowest BCUT2D eigenvalue weighted by Crippen LogP contribution is -2.25. The number of amides is 2. The standard InChI is InChI=1S/C24H24N4O4.C2H6.CH4/c1-14-18(13-25-23(30)21-12-20(15-6-7-15)27-28(21)2)4-3-5-19(14)26-22(29)16-8-10-17(11-9-16)24(31)32;1-2;/h3-5,8-12,15H,6-7,13H2,1-2H3,(H,25,30)(H,26,29)(H,31,32);1-2H3;1H4. The average Bonchev–Trinajstić information content (AvgIpc) is 3.62. The molecule has 1 heterocycles. The Morgan fingerprint density at radius 2 is 1.66 bits per heavy atom. The first kappa shape index (κ1) is 27.3. The summed E-state index contributed by atoms with van der Waals surface area (Å²) in [6.07, 6.45) is 2.25. The molecule has 1 aromatic heterocycles. The minimum absolute atomic E-state index is 0. The Morgan fingerprint density at radius 1 is 1.03 bits per heavy atom. The Labute approximate surface area is 206 Å². The second kappa shape index (κ2) is 12.0. The van der Waals surface area contributed by atoms with Crippen molar-refractivity contribution in [3.05, 3.63) is 82.2 Å². The summed E-state index contributed by atoms with van der Waals surface area (Å²) in [5.74, 6) is -1.10. The van der Waals surface area contributed by atoms with Crippen LogP contribution in [0.3, 0.4) is 0 Å². The number of aromatic carboxylic acids is 1. The van der Waals surface area contributed by atoms with Gasteiger partial charge in [-0.3, -0.25) is 14.3 Å². The van der Waals surface area contributed by atoms with E-state index in [9.17, 15) is 14.4 Å². The first-order valence-electron chi connectivity index (χ1n) is 11.4. The molecular formula is C27H34N4O4. The average molecular weight is 479 g/mol. The lowest BCUT2D eigenvalue weighted by atomic mass is 10.1. The highest BCUT2D eigenvalue weighted by molar-refractivity contribution is 6.05. The van der Waals surface area contributed by atoms with E-state index in [2.05, 4.69) is 15.7 Å². The molecule has 3 N–H and O–H groups in total. The van der Waals surface area contributed by atoms with Gasteiger partial charge in [-0.05, 0) is 67.3 Å². The van der Waals surface area contributed by atoms with Crippen molar-refractivity contribution in [1.29, 1.82) is 0 Å². The number of carbonyl (C=O) groups excluding carboxylic acids is 2. The molecule has 35 heavy (non-hydrogen) atoms. The van der Waals surface area contributed by atoms with E-state index >= 15 is 0 Å². The van der Waals surface area contributed by atoms with Crippen LogP contribution in [0.15, 0.2) is 48.5 Å². The third kappa shape index (κ3) is 6.56. The lowest BCUT2D eigenvalue weighted by molar-refractivity contribution is 0.0696. The number of aromatic nitrogens is 2. The lowest BCUT2D eigenvalue weighted by Gasteiger charge is -2.13. The van der Waals surface area contributed by atoms with E-state index in [4.69, 9.17) is 5.11 Å². The van der Waals surface area contributed by atoms with Crippen LogP contribution in [0.1, 0.15) is 88.1 Å². The second-order valence-electron chi connectivity index (χ2n) is 7.96. The summed E-state index contributed by atoms with van der Waals surface area (Å²) in [5.41, 5.74) is 4.31. The van der Waals surface area contributed by atoms with Gasteiger partial charge in [-0.15, -0.1) is 0 Å². The van der Waals surface area contributed by atoms with Gasteiger partial charge in [-0.2, -0.15) is 5.10 Å². The van der Waals surface area contributed by atoms with Crippen molar-refractivity contribution in [1.82, 2.24) is 15.1 Å². The first-order valence-corrected chi connectivity index (χ1v) is 11.4. The zero-order chi connectivity index (χ0) is 24.8. The van der Waals surface area contributed by atoms with Gasteiger partial charge in [0, 0.05) is 30.8 Å². The fourth-order valence-electron chi connectivity index (χ4n) is 3.52. The number of benzene rings is 2. The number of anilines is 1. The Kier molecular flexibility index (Phi) is 9.34. The summed E-state index contributed by atoms with van der Waals surface area (Å²) in [5, 5.41) is 19.2. The van der Waals surface area contributed by atoms with Gasteiger partial charge in [-0.1, -0.05) is 33.4 Å². The van der Waals surface area contributed by atoms with Gasteiger partial charge in [0.1, 0.15) is 5.69 Å². The molecule has 0 unspecified atom stereocenters. The van der Waals surface area contributed by atoms with Gasteiger partial charge in [0.15, 0.2) is 0 Å². The Morgan fingerprint density at radius 3 is 2.26 bits per heavy atom. The van der Waals surface area contributed by atoms with Crippen molar-refractivity contribution in [2.24, 2.45) is 7.05 Å². The maximum atomic E-state index is 12.6. The highest BCUT2D eigenvalue weighted by Gasteiger charge is 2.28. The van der Waals surface area contributed by atoms with E-state index < -0.39 is 5.97 Å². The largest absolute Gasteiger partial charge is 0.478 e. The molecule has 1 aliphatic carbocycles. The molecule has 2 amide bonds. The smallest absolute Gasteiger partial charge is 0.335 e. The van der Waals surface area contributed by atoms with Crippen LogP contribution in [0, 0.1) is 6.92 Å². The Balaban J connectivity index is 0.00000140. The fraction of sp³-hybridized carbons (Fsp3) is 0.333. The highest BCUT2D eigenvalue weighted by Crippen LogP contribution is 2.39. The number of hydrogen-bond acceptors (Lipinski definition) is 4. The van der Waals surface area contributed by atoms with E-state index in [0.717, 1.165) is 29.7 Å². The quantitative estimate of drug-likeness (QED) is 0.435. The van der Waals surface area contributed by atoms with E-state index in [-0.39, 0.29) is 24.8 Å². The predicted octanol–water partition coefficient (Wildman–Crippen LogP) is 5.15. The monoisotopic (exact) mass is 478 g/mol. The van der Waals surface area contributed by atoms with Gasteiger partial charge in [-0.25, -0.2) is 4.79 Å². The second-order valence-corrected chi connectivity index (χ2v) is 7.96. The molecule has 0 bridgehead atoms. The molecule has 186 valence electrons. The molecule has 0 spiro atoms. The summed E-state index contributed by atoms with van der Waals surface area (Å²) < 4.78 is 1.61. The minimum Gasteiger partial charge on any atom is -0.478 e. The molecule has 1 aliphatic rings. The number of carbonyl (C=O) groups is 3. The number of aryl methyl sites for hydroxylation is 1. The summed E-state index contributed by atoms with van der Waals surface area (Å²) in [4.78, 5) is 36.2. The van der Waals surface area contributed by atoms with E-state index in [0.29, 0.717) is 29.4 Å². The topological polar surface area (TPSA) is 113 Å². The van der Waals surface area contributed by atoms with E-state index in [1.54, 1.807) is 17.8 Å². The number of carboxylic acids is 1.